The molecule has 3 atom stereocenters. The van der Waals surface area contributed by atoms with E-state index in [1.807, 2.05) is 0 Å². The number of anilines is 1. The number of aliphatic hydroxyl groups is 2. The minimum absolute atomic E-state index is 0.281. The van der Waals surface area contributed by atoms with Crippen LogP contribution in [0, 0.1) is 0 Å². The largest absolute Gasteiger partial charge is 0.394 e. The lowest BCUT2D eigenvalue weighted by atomic mass is 10.1. The van der Waals surface area contributed by atoms with E-state index in [-0.39, 0.29) is 6.61 Å². The van der Waals surface area contributed by atoms with Crippen molar-refractivity contribution in [2.75, 3.05) is 12.3 Å². The molecular weight excluding hydrogens is 396 g/mol. The highest BCUT2D eigenvalue weighted by molar-refractivity contribution is 9.25. The van der Waals surface area contributed by atoms with E-state index in [4.69, 9.17) is 10.5 Å². The van der Waals surface area contributed by atoms with Gasteiger partial charge in [0.05, 0.1) is 12.3 Å². The number of nitrogen functional groups attached to an aromatic ring is 1. The summed E-state index contributed by atoms with van der Waals surface area (Å²) < 4.78 is 6.41. The molecule has 0 spiro atoms. The number of aliphatic hydroxyl groups excluding tert-OH is 2. The van der Waals surface area contributed by atoms with Gasteiger partial charge in [-0.25, -0.2) is 9.50 Å². The highest BCUT2D eigenvalue weighted by Gasteiger charge is 2.54. The van der Waals surface area contributed by atoms with Crippen LogP contribution >= 0.6 is 31.9 Å². The number of halogens is 2. The lowest BCUT2D eigenvalue weighted by Crippen LogP contribution is -2.35. The van der Waals surface area contributed by atoms with Gasteiger partial charge in [-0.05, 0) is 12.1 Å². The summed E-state index contributed by atoms with van der Waals surface area (Å²) in [7, 11) is 0. The van der Waals surface area contributed by atoms with Gasteiger partial charge < -0.3 is 20.7 Å². The average molecular weight is 408 g/mol. The molecule has 2 aromatic heterocycles. The third-order valence-electron chi connectivity index (χ3n) is 3.37. The summed E-state index contributed by atoms with van der Waals surface area (Å²) in [5.41, 5.74) is 7.14. The second-order valence-corrected chi connectivity index (χ2v) is 8.25. The van der Waals surface area contributed by atoms with Crippen LogP contribution in [-0.2, 0) is 4.74 Å². The van der Waals surface area contributed by atoms with E-state index >= 15 is 0 Å². The fourth-order valence-corrected chi connectivity index (χ4v) is 3.60. The van der Waals surface area contributed by atoms with Crippen molar-refractivity contribution in [3.63, 3.8) is 0 Å². The minimum Gasteiger partial charge on any atom is -0.394 e. The third kappa shape index (κ3) is 1.96. The predicted molar refractivity (Wildman–Crippen MR) is 78.7 cm³/mol. The van der Waals surface area contributed by atoms with Crippen LogP contribution in [0.3, 0.4) is 0 Å². The molecule has 1 aliphatic heterocycles. The zero-order chi connectivity index (χ0) is 14.5. The van der Waals surface area contributed by atoms with Crippen LogP contribution in [-0.4, -0.2) is 46.9 Å². The molecule has 20 heavy (non-hydrogen) atoms. The summed E-state index contributed by atoms with van der Waals surface area (Å²) in [6, 6.07) is 3.58. The van der Waals surface area contributed by atoms with Gasteiger partial charge in [-0.15, -0.1) is 0 Å². The van der Waals surface area contributed by atoms with Gasteiger partial charge in [0.15, 0.2) is 5.82 Å². The standard InChI is InChI=1S/C11H12Br2N4O3/c12-11(13)8(19)7(3-18)20-9(11)5-1-2-6-10(14)15-4-16-17(5)6/h1-2,4,7-9,18-19H,3H2,(H2,14,15,16)/t7-,8?,9+/m1/s1. The van der Waals surface area contributed by atoms with Gasteiger partial charge in [-0.3, -0.25) is 0 Å². The molecule has 0 aliphatic carbocycles. The van der Waals surface area contributed by atoms with Crippen LogP contribution in [0.2, 0.25) is 0 Å². The maximum absolute atomic E-state index is 10.2. The van der Waals surface area contributed by atoms with Crippen LogP contribution in [0.1, 0.15) is 11.8 Å². The van der Waals surface area contributed by atoms with Crippen LogP contribution in [0.15, 0.2) is 18.5 Å². The molecule has 0 aromatic carbocycles. The third-order valence-corrected chi connectivity index (χ3v) is 5.14. The number of nitrogens with two attached hydrogens (primary N) is 1. The predicted octanol–water partition coefficient (Wildman–Crippen LogP) is 0.591. The fourth-order valence-electron chi connectivity index (χ4n) is 2.32. The first-order valence-electron chi connectivity index (χ1n) is 5.87. The molecule has 108 valence electrons. The van der Waals surface area contributed by atoms with Crippen molar-refractivity contribution in [2.24, 2.45) is 0 Å². The van der Waals surface area contributed by atoms with Crippen molar-refractivity contribution < 1.29 is 14.9 Å². The molecule has 1 fully saturated rings. The Hall–Kier alpha value is -0.740. The molecule has 1 aliphatic rings. The zero-order valence-corrected chi connectivity index (χ0v) is 13.3. The SMILES string of the molecule is Nc1ncnn2c([C@@H]3O[C@H](CO)C(O)C3(Br)Br)ccc12. The van der Waals surface area contributed by atoms with Crippen molar-refractivity contribution in [1.82, 2.24) is 14.6 Å². The Bertz CT molecular complexity index is 648. The Labute approximate surface area is 131 Å². The molecule has 2 aromatic rings. The van der Waals surface area contributed by atoms with E-state index < -0.39 is 21.5 Å². The summed E-state index contributed by atoms with van der Waals surface area (Å²) in [4.78, 5) is 3.92. The van der Waals surface area contributed by atoms with Gasteiger partial charge in [0.2, 0.25) is 0 Å². The first kappa shape index (κ1) is 14.2. The summed E-state index contributed by atoms with van der Waals surface area (Å²) in [5.74, 6) is 0.359. The van der Waals surface area contributed by atoms with Crippen LogP contribution < -0.4 is 5.73 Å². The summed E-state index contributed by atoms with van der Waals surface area (Å²) >= 11 is 6.85. The zero-order valence-electron chi connectivity index (χ0n) is 10.1. The molecule has 3 rings (SSSR count). The van der Waals surface area contributed by atoms with Crippen molar-refractivity contribution in [1.29, 1.82) is 0 Å². The van der Waals surface area contributed by atoms with Crippen molar-refractivity contribution in [3.05, 3.63) is 24.2 Å². The Morgan fingerprint density at radius 3 is 2.85 bits per heavy atom. The van der Waals surface area contributed by atoms with Crippen LogP contribution in [0.25, 0.3) is 5.52 Å². The maximum atomic E-state index is 10.2. The second-order valence-electron chi connectivity index (χ2n) is 4.56. The molecule has 0 radical (unpaired) electrons. The number of alkyl halides is 2. The molecule has 0 amide bonds. The number of ether oxygens (including phenoxy) is 1. The van der Waals surface area contributed by atoms with Gasteiger partial charge in [-0.1, -0.05) is 31.9 Å². The highest BCUT2D eigenvalue weighted by atomic mass is 79.9. The van der Waals surface area contributed by atoms with E-state index in [0.717, 1.165) is 0 Å². The smallest absolute Gasteiger partial charge is 0.151 e. The Morgan fingerprint density at radius 2 is 2.20 bits per heavy atom. The number of aromatic nitrogens is 3. The molecule has 0 bridgehead atoms. The molecule has 3 heterocycles. The normalized spacial score (nSPS) is 29.1. The lowest BCUT2D eigenvalue weighted by Gasteiger charge is -2.23. The Balaban J connectivity index is 2.10. The first-order chi connectivity index (χ1) is 9.46. The molecule has 7 nitrogen and oxygen atoms in total. The minimum atomic E-state index is -0.915. The van der Waals surface area contributed by atoms with Gasteiger partial charge in [-0.2, -0.15) is 5.10 Å². The van der Waals surface area contributed by atoms with Crippen molar-refractivity contribution in [3.8, 4) is 0 Å². The van der Waals surface area contributed by atoms with E-state index in [9.17, 15) is 10.2 Å². The average Bonchev–Trinajstić information content (AvgIpc) is 2.92. The molecule has 9 heteroatoms. The molecule has 1 saturated heterocycles. The quantitative estimate of drug-likeness (QED) is 0.629. The first-order valence-corrected chi connectivity index (χ1v) is 7.45. The number of nitrogens with zero attached hydrogens (tertiary/aromatic N) is 3. The number of fused-ring (bicyclic) bond motifs is 1. The van der Waals surface area contributed by atoms with Gasteiger partial charge in [0, 0.05) is 0 Å². The fraction of sp³-hybridized carbons (Fsp3) is 0.455. The lowest BCUT2D eigenvalue weighted by molar-refractivity contribution is -0.0239. The summed E-state index contributed by atoms with van der Waals surface area (Å²) in [6.45, 7) is -0.281. The summed E-state index contributed by atoms with van der Waals surface area (Å²) in [6.07, 6.45) is -0.803. The molecule has 1 unspecified atom stereocenters. The molecule has 0 saturated carbocycles. The number of hydrogen-bond donors (Lipinski definition) is 3. The van der Waals surface area contributed by atoms with E-state index in [0.29, 0.717) is 17.0 Å². The summed E-state index contributed by atoms with van der Waals surface area (Å²) in [5, 5.41) is 23.6. The topological polar surface area (TPSA) is 106 Å². The highest BCUT2D eigenvalue weighted by Crippen LogP contribution is 2.51. The monoisotopic (exact) mass is 406 g/mol. The Morgan fingerprint density at radius 1 is 1.45 bits per heavy atom. The Kier molecular flexibility index (Phi) is 3.49. The van der Waals surface area contributed by atoms with Crippen molar-refractivity contribution in [2.45, 2.75) is 21.5 Å². The molecular formula is C11H12Br2N4O3. The van der Waals surface area contributed by atoms with E-state index in [1.165, 1.54) is 6.33 Å². The van der Waals surface area contributed by atoms with E-state index in [2.05, 4.69) is 41.9 Å². The van der Waals surface area contributed by atoms with Gasteiger partial charge in [0.1, 0.15) is 33.4 Å². The van der Waals surface area contributed by atoms with Crippen LogP contribution in [0.5, 0.6) is 0 Å². The number of hydrogen-bond acceptors (Lipinski definition) is 6. The van der Waals surface area contributed by atoms with Gasteiger partial charge >= 0.3 is 0 Å². The maximum Gasteiger partial charge on any atom is 0.151 e. The van der Waals surface area contributed by atoms with Crippen LogP contribution in [0.4, 0.5) is 5.82 Å². The van der Waals surface area contributed by atoms with Gasteiger partial charge in [0.25, 0.3) is 0 Å². The van der Waals surface area contributed by atoms with Crippen molar-refractivity contribution >= 4 is 43.2 Å². The molecule has 4 N–H and O–H groups in total. The second kappa shape index (κ2) is 4.92. The van der Waals surface area contributed by atoms with E-state index in [1.54, 1.807) is 16.6 Å². The number of rotatable bonds is 2.